The molecule has 0 unspecified atom stereocenters. The van der Waals surface area contributed by atoms with Crippen LogP contribution in [0.2, 0.25) is 0 Å². The average molecular weight is 313 g/mol. The number of hydrogen-bond acceptors (Lipinski definition) is 3. The first-order valence-electron chi connectivity index (χ1n) is 7.75. The molecule has 1 aromatic carbocycles. The van der Waals surface area contributed by atoms with Gasteiger partial charge in [-0.1, -0.05) is 18.2 Å². The van der Waals surface area contributed by atoms with E-state index in [1.54, 1.807) is 18.5 Å². The van der Waals surface area contributed by atoms with E-state index in [1.807, 2.05) is 41.4 Å². The molecule has 5 heteroatoms. The summed E-state index contributed by atoms with van der Waals surface area (Å²) >= 11 is 0. The molecule has 0 atom stereocenters. The van der Waals surface area contributed by atoms with Crippen LogP contribution in [0.1, 0.15) is 17.7 Å². The van der Waals surface area contributed by atoms with Crippen LogP contribution in [0, 0.1) is 5.82 Å². The molecule has 2 aromatic heterocycles. The number of nitrogens with zero attached hydrogens (tertiary/aromatic N) is 3. The molecule has 3 aromatic rings. The molecule has 0 aliphatic rings. The van der Waals surface area contributed by atoms with E-state index in [2.05, 4.69) is 9.88 Å². The first-order chi connectivity index (χ1) is 11.3. The van der Waals surface area contributed by atoms with Gasteiger partial charge in [-0.3, -0.25) is 4.90 Å². The van der Waals surface area contributed by atoms with Crippen molar-refractivity contribution in [2.24, 2.45) is 0 Å². The van der Waals surface area contributed by atoms with Crippen molar-refractivity contribution in [3.63, 3.8) is 0 Å². The van der Waals surface area contributed by atoms with Crippen LogP contribution in [0.5, 0.6) is 0 Å². The Morgan fingerprint density at radius 2 is 2.04 bits per heavy atom. The summed E-state index contributed by atoms with van der Waals surface area (Å²) in [6.07, 6.45) is 8.18. The van der Waals surface area contributed by atoms with Crippen LogP contribution in [0.3, 0.4) is 0 Å². The molecule has 0 radical (unpaired) electrons. The Morgan fingerprint density at radius 1 is 1.13 bits per heavy atom. The van der Waals surface area contributed by atoms with Crippen molar-refractivity contribution in [3.05, 3.63) is 78.5 Å². The van der Waals surface area contributed by atoms with Crippen molar-refractivity contribution < 1.29 is 8.81 Å². The zero-order chi connectivity index (χ0) is 15.9. The number of aromatic nitrogens is 2. The SMILES string of the molecule is Fc1ccccc1CN(CCCn1ccnc1)Cc1ccco1. The van der Waals surface area contributed by atoms with E-state index in [-0.39, 0.29) is 5.82 Å². The van der Waals surface area contributed by atoms with Crippen molar-refractivity contribution in [3.8, 4) is 0 Å². The molecular weight excluding hydrogens is 293 g/mol. The Morgan fingerprint density at radius 3 is 2.78 bits per heavy atom. The Hall–Kier alpha value is -2.40. The van der Waals surface area contributed by atoms with E-state index in [9.17, 15) is 4.39 Å². The van der Waals surface area contributed by atoms with E-state index in [0.29, 0.717) is 18.7 Å². The van der Waals surface area contributed by atoms with Crippen molar-refractivity contribution in [1.29, 1.82) is 0 Å². The second kappa shape index (κ2) is 7.74. The maximum absolute atomic E-state index is 13.9. The van der Waals surface area contributed by atoms with Crippen LogP contribution < -0.4 is 0 Å². The predicted molar refractivity (Wildman–Crippen MR) is 86.1 cm³/mol. The second-order valence-corrected chi connectivity index (χ2v) is 5.54. The lowest BCUT2D eigenvalue weighted by molar-refractivity contribution is 0.226. The molecule has 0 amide bonds. The monoisotopic (exact) mass is 313 g/mol. The molecule has 3 rings (SSSR count). The molecule has 0 aliphatic carbocycles. The summed E-state index contributed by atoms with van der Waals surface area (Å²) in [5.74, 6) is 0.732. The van der Waals surface area contributed by atoms with Gasteiger partial charge in [0.15, 0.2) is 0 Å². The Balaban J connectivity index is 1.62. The van der Waals surface area contributed by atoms with Gasteiger partial charge in [-0.05, 0) is 24.6 Å². The van der Waals surface area contributed by atoms with Crippen molar-refractivity contribution in [2.45, 2.75) is 26.1 Å². The van der Waals surface area contributed by atoms with Gasteiger partial charge in [-0.25, -0.2) is 9.37 Å². The van der Waals surface area contributed by atoms with Gasteiger partial charge in [-0.2, -0.15) is 0 Å². The van der Waals surface area contributed by atoms with Crippen LogP contribution in [0.15, 0.2) is 65.8 Å². The summed E-state index contributed by atoms with van der Waals surface area (Å²) < 4.78 is 21.4. The Labute approximate surface area is 135 Å². The largest absolute Gasteiger partial charge is 0.468 e. The van der Waals surface area contributed by atoms with Crippen molar-refractivity contribution in [1.82, 2.24) is 14.5 Å². The Kier molecular flexibility index (Phi) is 5.21. The highest BCUT2D eigenvalue weighted by Gasteiger charge is 2.11. The number of furan rings is 1. The molecule has 0 fully saturated rings. The van der Waals surface area contributed by atoms with E-state index in [4.69, 9.17) is 4.42 Å². The fourth-order valence-corrected chi connectivity index (χ4v) is 2.60. The fourth-order valence-electron chi connectivity index (χ4n) is 2.60. The quantitative estimate of drug-likeness (QED) is 0.636. The maximum atomic E-state index is 13.9. The van der Waals surface area contributed by atoms with Crippen LogP contribution in [-0.4, -0.2) is 21.0 Å². The number of rotatable bonds is 8. The van der Waals surface area contributed by atoms with Gasteiger partial charge in [0.1, 0.15) is 11.6 Å². The van der Waals surface area contributed by atoms with E-state index in [1.165, 1.54) is 6.07 Å². The maximum Gasteiger partial charge on any atom is 0.127 e. The lowest BCUT2D eigenvalue weighted by atomic mass is 10.2. The van der Waals surface area contributed by atoms with Gasteiger partial charge in [0.05, 0.1) is 19.1 Å². The fraction of sp³-hybridized carbons (Fsp3) is 0.278. The molecule has 23 heavy (non-hydrogen) atoms. The highest BCUT2D eigenvalue weighted by atomic mass is 19.1. The summed E-state index contributed by atoms with van der Waals surface area (Å²) in [7, 11) is 0. The third-order valence-electron chi connectivity index (χ3n) is 3.76. The predicted octanol–water partition coefficient (Wildman–Crippen LogP) is 3.71. The number of aryl methyl sites for hydroxylation is 1. The summed E-state index contributed by atoms with van der Waals surface area (Å²) in [5, 5.41) is 0. The average Bonchev–Trinajstić information content (AvgIpc) is 3.23. The highest BCUT2D eigenvalue weighted by Crippen LogP contribution is 2.14. The number of benzene rings is 1. The zero-order valence-corrected chi connectivity index (χ0v) is 12.9. The molecule has 0 bridgehead atoms. The van der Waals surface area contributed by atoms with Gasteiger partial charge < -0.3 is 8.98 Å². The summed E-state index contributed by atoms with van der Waals surface area (Å²) in [4.78, 5) is 6.25. The molecule has 2 heterocycles. The van der Waals surface area contributed by atoms with Gasteiger partial charge in [-0.15, -0.1) is 0 Å². The topological polar surface area (TPSA) is 34.2 Å². The lowest BCUT2D eigenvalue weighted by Gasteiger charge is -2.21. The van der Waals surface area contributed by atoms with Crippen molar-refractivity contribution in [2.75, 3.05) is 6.54 Å². The molecule has 0 aliphatic heterocycles. The highest BCUT2D eigenvalue weighted by molar-refractivity contribution is 5.17. The van der Waals surface area contributed by atoms with Gasteiger partial charge in [0, 0.05) is 37.6 Å². The number of imidazole rings is 1. The third-order valence-corrected chi connectivity index (χ3v) is 3.76. The molecule has 0 saturated heterocycles. The standard InChI is InChI=1S/C18H20FN3O/c19-18-7-2-1-5-16(18)13-22(14-17-6-3-12-23-17)10-4-9-21-11-8-20-15-21/h1-3,5-8,11-12,15H,4,9-10,13-14H2. The zero-order valence-electron chi connectivity index (χ0n) is 12.9. The van der Waals surface area contributed by atoms with E-state index in [0.717, 1.165) is 25.3 Å². The second-order valence-electron chi connectivity index (χ2n) is 5.54. The molecule has 120 valence electrons. The van der Waals surface area contributed by atoms with Crippen LogP contribution in [-0.2, 0) is 19.6 Å². The minimum Gasteiger partial charge on any atom is -0.468 e. The summed E-state index contributed by atoms with van der Waals surface area (Å²) in [5.41, 5.74) is 0.710. The minimum atomic E-state index is -0.161. The minimum absolute atomic E-state index is 0.161. The van der Waals surface area contributed by atoms with Crippen LogP contribution in [0.4, 0.5) is 4.39 Å². The van der Waals surface area contributed by atoms with Gasteiger partial charge in [0.25, 0.3) is 0 Å². The summed E-state index contributed by atoms with van der Waals surface area (Å²) in [6, 6.07) is 10.8. The number of hydrogen-bond donors (Lipinski definition) is 0. The third kappa shape index (κ3) is 4.53. The van der Waals surface area contributed by atoms with Gasteiger partial charge in [0.2, 0.25) is 0 Å². The van der Waals surface area contributed by atoms with Gasteiger partial charge >= 0.3 is 0 Å². The van der Waals surface area contributed by atoms with Crippen LogP contribution >= 0.6 is 0 Å². The first kappa shape index (κ1) is 15.5. The molecule has 0 saturated carbocycles. The molecular formula is C18H20FN3O. The van der Waals surface area contributed by atoms with E-state index < -0.39 is 0 Å². The van der Waals surface area contributed by atoms with E-state index >= 15 is 0 Å². The smallest absolute Gasteiger partial charge is 0.127 e. The lowest BCUT2D eigenvalue weighted by Crippen LogP contribution is -2.25. The Bertz CT molecular complexity index is 695. The molecule has 0 spiro atoms. The van der Waals surface area contributed by atoms with Crippen LogP contribution in [0.25, 0.3) is 0 Å². The first-order valence-corrected chi connectivity index (χ1v) is 7.75. The molecule has 4 nitrogen and oxygen atoms in total. The molecule has 0 N–H and O–H groups in total. The summed E-state index contributed by atoms with van der Waals surface area (Å²) in [6.45, 7) is 2.99. The number of halogens is 1. The normalized spacial score (nSPS) is 11.2. The van der Waals surface area contributed by atoms with Crippen molar-refractivity contribution >= 4 is 0 Å².